The lowest BCUT2D eigenvalue weighted by atomic mass is 10.1. The molecule has 0 bridgehead atoms. The molecule has 24 heavy (non-hydrogen) atoms. The standard InChI is InChI=1S/C17H17FN2O4/c1-10-6-11(2)8-14(7-10)24-12(3)17(21)19-16-9-13(20(22)23)4-5-15(16)18/h4-9,12H,1-3H3,(H,19,21)/t12-/m0/s1. The van der Waals surface area contributed by atoms with E-state index in [1.807, 2.05) is 19.9 Å². The largest absolute Gasteiger partial charge is 0.481 e. The van der Waals surface area contributed by atoms with Gasteiger partial charge in [-0.3, -0.25) is 14.9 Å². The van der Waals surface area contributed by atoms with Crippen molar-refractivity contribution in [1.82, 2.24) is 0 Å². The maximum atomic E-state index is 13.7. The quantitative estimate of drug-likeness (QED) is 0.668. The summed E-state index contributed by atoms with van der Waals surface area (Å²) in [7, 11) is 0. The van der Waals surface area contributed by atoms with Crippen molar-refractivity contribution in [1.29, 1.82) is 0 Å². The number of non-ortho nitro benzene ring substituents is 1. The summed E-state index contributed by atoms with van der Waals surface area (Å²) in [4.78, 5) is 22.2. The number of nitro benzene ring substituents is 1. The van der Waals surface area contributed by atoms with Crippen LogP contribution in [-0.4, -0.2) is 16.9 Å². The summed E-state index contributed by atoms with van der Waals surface area (Å²) < 4.78 is 19.3. The molecule has 1 atom stereocenters. The van der Waals surface area contributed by atoms with Gasteiger partial charge in [-0.1, -0.05) is 6.07 Å². The summed E-state index contributed by atoms with van der Waals surface area (Å²) in [6, 6.07) is 8.46. The summed E-state index contributed by atoms with van der Waals surface area (Å²) in [5, 5.41) is 13.0. The van der Waals surface area contributed by atoms with Gasteiger partial charge in [0.15, 0.2) is 6.10 Å². The normalized spacial score (nSPS) is 11.7. The molecule has 1 N–H and O–H groups in total. The lowest BCUT2D eigenvalue weighted by Crippen LogP contribution is -2.30. The minimum Gasteiger partial charge on any atom is -0.481 e. The molecule has 0 spiro atoms. The molecule has 0 saturated carbocycles. The maximum Gasteiger partial charge on any atom is 0.271 e. The molecule has 0 aliphatic heterocycles. The SMILES string of the molecule is Cc1cc(C)cc(O[C@@H](C)C(=O)Nc2cc([N+](=O)[O-])ccc2F)c1. The molecule has 6 nitrogen and oxygen atoms in total. The van der Waals surface area contributed by atoms with Gasteiger partial charge in [0.2, 0.25) is 0 Å². The van der Waals surface area contributed by atoms with Crippen molar-refractivity contribution in [3.05, 3.63) is 63.5 Å². The number of aryl methyl sites for hydroxylation is 2. The Balaban J connectivity index is 2.11. The predicted molar refractivity (Wildman–Crippen MR) is 87.7 cm³/mol. The summed E-state index contributed by atoms with van der Waals surface area (Å²) >= 11 is 0. The van der Waals surface area contributed by atoms with Crippen LogP contribution in [0.1, 0.15) is 18.1 Å². The number of nitrogens with one attached hydrogen (secondary N) is 1. The van der Waals surface area contributed by atoms with Crippen molar-refractivity contribution >= 4 is 17.3 Å². The van der Waals surface area contributed by atoms with E-state index >= 15 is 0 Å². The monoisotopic (exact) mass is 332 g/mol. The number of rotatable bonds is 5. The summed E-state index contributed by atoms with van der Waals surface area (Å²) in [6.45, 7) is 5.33. The van der Waals surface area contributed by atoms with Gasteiger partial charge in [-0.15, -0.1) is 0 Å². The molecule has 7 heteroatoms. The minimum absolute atomic E-state index is 0.259. The van der Waals surface area contributed by atoms with Crippen LogP contribution in [0.5, 0.6) is 5.75 Å². The number of halogens is 1. The van der Waals surface area contributed by atoms with Crippen LogP contribution in [0.2, 0.25) is 0 Å². The van der Waals surface area contributed by atoms with Crippen molar-refractivity contribution in [2.45, 2.75) is 26.9 Å². The highest BCUT2D eigenvalue weighted by Gasteiger charge is 2.18. The van der Waals surface area contributed by atoms with Crippen LogP contribution in [0.4, 0.5) is 15.8 Å². The zero-order chi connectivity index (χ0) is 17.9. The van der Waals surface area contributed by atoms with Crippen LogP contribution in [0, 0.1) is 29.8 Å². The highest BCUT2D eigenvalue weighted by Crippen LogP contribution is 2.22. The van der Waals surface area contributed by atoms with Crippen LogP contribution in [0.15, 0.2) is 36.4 Å². The van der Waals surface area contributed by atoms with E-state index in [0.717, 1.165) is 29.3 Å². The fourth-order valence-corrected chi connectivity index (χ4v) is 2.22. The molecule has 2 aromatic rings. The summed E-state index contributed by atoms with van der Waals surface area (Å²) in [6.07, 6.45) is -0.898. The zero-order valence-electron chi connectivity index (χ0n) is 13.5. The van der Waals surface area contributed by atoms with Gasteiger partial charge >= 0.3 is 0 Å². The van der Waals surface area contributed by atoms with Gasteiger partial charge in [0.05, 0.1) is 10.6 Å². The number of ether oxygens (including phenoxy) is 1. The number of amides is 1. The molecule has 0 aliphatic rings. The van der Waals surface area contributed by atoms with E-state index in [9.17, 15) is 19.3 Å². The Labute approximate surface area is 138 Å². The van der Waals surface area contributed by atoms with Gasteiger partial charge in [-0.05, 0) is 50.1 Å². The first-order chi connectivity index (χ1) is 11.3. The molecule has 0 heterocycles. The van der Waals surface area contributed by atoms with Crippen LogP contribution in [-0.2, 0) is 4.79 Å². The first kappa shape index (κ1) is 17.4. The van der Waals surface area contributed by atoms with E-state index < -0.39 is 22.8 Å². The molecule has 2 rings (SSSR count). The number of carbonyl (C=O) groups is 1. The van der Waals surface area contributed by atoms with Gasteiger partial charge < -0.3 is 10.1 Å². The van der Waals surface area contributed by atoms with Crippen LogP contribution >= 0.6 is 0 Å². The number of anilines is 1. The van der Waals surface area contributed by atoms with Gasteiger partial charge in [-0.2, -0.15) is 0 Å². The Kier molecular flexibility index (Phi) is 5.13. The number of benzene rings is 2. The molecular weight excluding hydrogens is 315 g/mol. The van der Waals surface area contributed by atoms with Crippen LogP contribution in [0.3, 0.4) is 0 Å². The molecule has 0 fully saturated rings. The molecular formula is C17H17FN2O4. The van der Waals surface area contributed by atoms with Gasteiger partial charge in [0.25, 0.3) is 11.6 Å². The molecule has 0 unspecified atom stereocenters. The molecule has 0 aliphatic carbocycles. The van der Waals surface area contributed by atoms with Gasteiger partial charge in [-0.25, -0.2) is 4.39 Å². The number of carbonyl (C=O) groups excluding carboxylic acids is 1. The fraction of sp³-hybridized carbons (Fsp3) is 0.235. The lowest BCUT2D eigenvalue weighted by molar-refractivity contribution is -0.384. The van der Waals surface area contributed by atoms with Crippen molar-refractivity contribution in [2.75, 3.05) is 5.32 Å². The van der Waals surface area contributed by atoms with Crippen LogP contribution in [0.25, 0.3) is 0 Å². The van der Waals surface area contributed by atoms with Crippen molar-refractivity contribution in [3.8, 4) is 5.75 Å². The number of hydrogen-bond acceptors (Lipinski definition) is 4. The Morgan fingerprint density at radius 1 is 1.21 bits per heavy atom. The van der Waals surface area contributed by atoms with E-state index in [-0.39, 0.29) is 11.4 Å². The third kappa shape index (κ3) is 4.28. The Morgan fingerprint density at radius 2 is 1.83 bits per heavy atom. The second-order valence-electron chi connectivity index (χ2n) is 5.49. The van der Waals surface area contributed by atoms with E-state index in [1.54, 1.807) is 12.1 Å². The average Bonchev–Trinajstić information content (AvgIpc) is 2.48. The molecule has 0 aromatic heterocycles. The average molecular weight is 332 g/mol. The first-order valence-electron chi connectivity index (χ1n) is 7.26. The van der Waals surface area contributed by atoms with Crippen molar-refractivity contribution in [2.24, 2.45) is 0 Å². The van der Waals surface area contributed by atoms with Gasteiger partial charge in [0.1, 0.15) is 11.6 Å². The maximum absolute atomic E-state index is 13.7. The van der Waals surface area contributed by atoms with E-state index in [4.69, 9.17) is 4.74 Å². The summed E-state index contributed by atoms with van der Waals surface area (Å²) in [5.74, 6) is -0.837. The van der Waals surface area contributed by atoms with Crippen LogP contribution < -0.4 is 10.1 Å². The second-order valence-corrected chi connectivity index (χ2v) is 5.49. The van der Waals surface area contributed by atoms with E-state index in [1.165, 1.54) is 6.92 Å². The molecule has 0 saturated heterocycles. The molecule has 0 radical (unpaired) electrons. The van der Waals surface area contributed by atoms with E-state index in [2.05, 4.69) is 5.32 Å². The van der Waals surface area contributed by atoms with Gasteiger partial charge in [0, 0.05) is 12.1 Å². The predicted octanol–water partition coefficient (Wildman–Crippen LogP) is 3.76. The smallest absolute Gasteiger partial charge is 0.271 e. The third-order valence-corrected chi connectivity index (χ3v) is 3.30. The van der Waals surface area contributed by atoms with E-state index in [0.29, 0.717) is 5.75 Å². The Hall–Kier alpha value is -2.96. The number of nitro groups is 1. The number of nitrogens with zero attached hydrogens (tertiary/aromatic N) is 1. The van der Waals surface area contributed by atoms with Crippen molar-refractivity contribution in [3.63, 3.8) is 0 Å². The highest BCUT2D eigenvalue weighted by atomic mass is 19.1. The topological polar surface area (TPSA) is 81.5 Å². The highest BCUT2D eigenvalue weighted by molar-refractivity contribution is 5.94. The summed E-state index contributed by atoms with van der Waals surface area (Å²) in [5.41, 5.74) is 1.41. The lowest BCUT2D eigenvalue weighted by Gasteiger charge is -2.16. The molecule has 126 valence electrons. The Bertz CT molecular complexity index is 772. The fourth-order valence-electron chi connectivity index (χ4n) is 2.22. The number of hydrogen-bond donors (Lipinski definition) is 1. The zero-order valence-corrected chi connectivity index (χ0v) is 13.5. The Morgan fingerprint density at radius 3 is 2.42 bits per heavy atom. The third-order valence-electron chi connectivity index (χ3n) is 3.30. The molecule has 2 aromatic carbocycles. The first-order valence-corrected chi connectivity index (χ1v) is 7.26. The minimum atomic E-state index is -0.898. The molecule has 1 amide bonds. The van der Waals surface area contributed by atoms with Crippen molar-refractivity contribution < 1.29 is 18.8 Å². The second kappa shape index (κ2) is 7.08.